The molecule has 17 heavy (non-hydrogen) atoms. The highest BCUT2D eigenvalue weighted by atomic mass is 35.5. The van der Waals surface area contributed by atoms with Gasteiger partial charge < -0.3 is 11.2 Å². The summed E-state index contributed by atoms with van der Waals surface area (Å²) in [6.45, 7) is 1.66. The second-order valence-corrected chi connectivity index (χ2v) is 4.15. The van der Waals surface area contributed by atoms with Crippen molar-refractivity contribution in [2.45, 2.75) is 0 Å². The number of rotatable bonds is 1. The van der Waals surface area contributed by atoms with Gasteiger partial charge in [0, 0.05) is 23.5 Å². The van der Waals surface area contributed by atoms with Gasteiger partial charge in [0.05, 0.1) is 11.6 Å². The van der Waals surface area contributed by atoms with Crippen LogP contribution in [0.25, 0.3) is 10.8 Å². The van der Waals surface area contributed by atoms with Gasteiger partial charge in [-0.3, -0.25) is 9.67 Å². The number of aromatic nitrogens is 1. The highest BCUT2D eigenvalue weighted by Crippen LogP contribution is 2.27. The van der Waals surface area contributed by atoms with E-state index in [-0.39, 0.29) is 12.4 Å². The first-order valence-corrected chi connectivity index (χ1v) is 5.48. The molecule has 0 spiro atoms. The van der Waals surface area contributed by atoms with Crippen LogP contribution in [0, 0.1) is 0 Å². The van der Waals surface area contributed by atoms with E-state index in [1.807, 2.05) is 24.4 Å². The Morgan fingerprint density at radius 2 is 2.18 bits per heavy atom. The van der Waals surface area contributed by atoms with Crippen LogP contribution in [0.3, 0.4) is 0 Å². The fraction of sp³-hybridized carbons (Fsp3) is 0.182. The lowest BCUT2D eigenvalue weighted by Crippen LogP contribution is -2.25. The molecule has 3 rings (SSSR count). The summed E-state index contributed by atoms with van der Waals surface area (Å²) in [4.78, 5) is 4.38. The van der Waals surface area contributed by atoms with Crippen LogP contribution in [-0.4, -0.2) is 23.6 Å². The fourth-order valence-corrected chi connectivity index (χ4v) is 2.25. The predicted octanol–water partition coefficient (Wildman–Crippen LogP) is 1.78. The summed E-state index contributed by atoms with van der Waals surface area (Å²) in [5.74, 6) is 6.79. The van der Waals surface area contributed by atoms with Crippen molar-refractivity contribution in [2.24, 2.45) is 4.99 Å². The topological polar surface area (TPSA) is 55.3 Å². The molecule has 1 aliphatic heterocycles. The smallest absolute Gasteiger partial charge is 0.148 e. The van der Waals surface area contributed by atoms with E-state index in [4.69, 9.17) is 17.4 Å². The molecule has 1 aliphatic rings. The SMILES string of the molecule is Cl.Nn1cc2c(Cl)cccc2c1C1=NCCN1. The maximum absolute atomic E-state index is 6.12. The molecule has 2 aromatic rings. The molecule has 0 aliphatic carbocycles. The van der Waals surface area contributed by atoms with E-state index < -0.39 is 0 Å². The molecule has 6 heteroatoms. The van der Waals surface area contributed by atoms with Crippen molar-refractivity contribution in [1.82, 2.24) is 9.99 Å². The molecule has 2 heterocycles. The average molecular weight is 271 g/mol. The highest BCUT2D eigenvalue weighted by molar-refractivity contribution is 6.36. The lowest BCUT2D eigenvalue weighted by Gasteiger charge is -2.04. The number of hydrogen-bond acceptors (Lipinski definition) is 3. The van der Waals surface area contributed by atoms with Crippen LogP contribution in [0.5, 0.6) is 0 Å². The van der Waals surface area contributed by atoms with E-state index in [0.29, 0.717) is 5.02 Å². The number of nitrogens with two attached hydrogens (primary N) is 1. The first-order valence-electron chi connectivity index (χ1n) is 5.11. The van der Waals surface area contributed by atoms with Crippen LogP contribution >= 0.6 is 24.0 Å². The summed E-state index contributed by atoms with van der Waals surface area (Å²) in [5, 5.41) is 5.91. The van der Waals surface area contributed by atoms with Gasteiger partial charge in [0.25, 0.3) is 0 Å². The Hall–Kier alpha value is -1.39. The molecule has 90 valence electrons. The number of aliphatic imine (C=N–C) groups is 1. The molecular formula is C11H12Cl2N4. The monoisotopic (exact) mass is 270 g/mol. The third-order valence-corrected chi connectivity index (χ3v) is 3.06. The summed E-state index contributed by atoms with van der Waals surface area (Å²) >= 11 is 6.12. The number of benzene rings is 1. The minimum atomic E-state index is 0. The fourth-order valence-electron chi connectivity index (χ4n) is 2.02. The summed E-state index contributed by atoms with van der Waals surface area (Å²) in [6, 6.07) is 5.78. The van der Waals surface area contributed by atoms with Crippen molar-refractivity contribution in [3.63, 3.8) is 0 Å². The van der Waals surface area contributed by atoms with Crippen molar-refractivity contribution in [2.75, 3.05) is 18.9 Å². The lowest BCUT2D eigenvalue weighted by molar-refractivity contribution is 0.948. The normalized spacial score (nSPS) is 14.3. The van der Waals surface area contributed by atoms with Gasteiger partial charge in [-0.15, -0.1) is 12.4 Å². The van der Waals surface area contributed by atoms with Crippen molar-refractivity contribution >= 4 is 40.6 Å². The van der Waals surface area contributed by atoms with E-state index in [0.717, 1.165) is 35.4 Å². The number of nitrogens with zero attached hydrogens (tertiary/aromatic N) is 2. The minimum absolute atomic E-state index is 0. The van der Waals surface area contributed by atoms with Crippen LogP contribution in [0.4, 0.5) is 0 Å². The zero-order valence-electron chi connectivity index (χ0n) is 8.98. The maximum atomic E-state index is 6.12. The number of halogens is 2. The molecule has 3 N–H and O–H groups in total. The summed E-state index contributed by atoms with van der Waals surface area (Å²) in [7, 11) is 0. The van der Waals surface area contributed by atoms with Crippen molar-refractivity contribution < 1.29 is 0 Å². The van der Waals surface area contributed by atoms with E-state index in [1.54, 1.807) is 4.68 Å². The summed E-state index contributed by atoms with van der Waals surface area (Å²) < 4.78 is 1.58. The Morgan fingerprint density at radius 1 is 1.35 bits per heavy atom. The third-order valence-electron chi connectivity index (χ3n) is 2.73. The molecule has 0 fully saturated rings. The Morgan fingerprint density at radius 3 is 2.88 bits per heavy atom. The van der Waals surface area contributed by atoms with Gasteiger partial charge in [0.1, 0.15) is 11.5 Å². The number of hydrogen-bond donors (Lipinski definition) is 2. The van der Waals surface area contributed by atoms with Gasteiger partial charge in [-0.2, -0.15) is 0 Å². The van der Waals surface area contributed by atoms with Gasteiger partial charge in [-0.1, -0.05) is 23.7 Å². The average Bonchev–Trinajstić information content (AvgIpc) is 2.85. The second kappa shape index (κ2) is 4.47. The lowest BCUT2D eigenvalue weighted by atomic mass is 10.2. The van der Waals surface area contributed by atoms with Crippen molar-refractivity contribution in [3.8, 4) is 0 Å². The Labute approximate surface area is 110 Å². The standard InChI is InChI=1S/C11H11ClN4.ClH/c12-9-3-1-2-7-8(9)6-16(13)10(7)11-14-4-5-15-11;/h1-3,6H,4-5,13H2,(H,14,15);1H. The quantitative estimate of drug-likeness (QED) is 0.777. The Bertz CT molecular complexity index is 588. The first kappa shape index (κ1) is 12.1. The predicted molar refractivity (Wildman–Crippen MR) is 73.8 cm³/mol. The number of nitrogen functional groups attached to an aromatic ring is 1. The zero-order chi connectivity index (χ0) is 11.1. The molecule has 0 unspecified atom stereocenters. The molecule has 0 radical (unpaired) electrons. The largest absolute Gasteiger partial charge is 0.367 e. The highest BCUT2D eigenvalue weighted by Gasteiger charge is 2.17. The Kier molecular flexibility index (Phi) is 3.17. The molecule has 0 amide bonds. The van der Waals surface area contributed by atoms with Gasteiger partial charge in [0.15, 0.2) is 0 Å². The van der Waals surface area contributed by atoms with Crippen LogP contribution < -0.4 is 11.2 Å². The van der Waals surface area contributed by atoms with Crippen LogP contribution in [0.1, 0.15) is 5.69 Å². The maximum Gasteiger partial charge on any atom is 0.148 e. The minimum Gasteiger partial charge on any atom is -0.367 e. The van der Waals surface area contributed by atoms with Gasteiger partial charge in [0.2, 0.25) is 0 Å². The van der Waals surface area contributed by atoms with Crippen LogP contribution in [-0.2, 0) is 0 Å². The van der Waals surface area contributed by atoms with Gasteiger partial charge >= 0.3 is 0 Å². The van der Waals surface area contributed by atoms with E-state index in [1.165, 1.54) is 0 Å². The van der Waals surface area contributed by atoms with Crippen molar-refractivity contribution in [1.29, 1.82) is 0 Å². The van der Waals surface area contributed by atoms with Crippen molar-refractivity contribution in [3.05, 3.63) is 35.1 Å². The molecule has 0 bridgehead atoms. The number of amidine groups is 1. The van der Waals surface area contributed by atoms with Gasteiger partial charge in [-0.05, 0) is 6.07 Å². The van der Waals surface area contributed by atoms with E-state index in [9.17, 15) is 0 Å². The van der Waals surface area contributed by atoms with E-state index >= 15 is 0 Å². The molecule has 1 aromatic heterocycles. The van der Waals surface area contributed by atoms with Crippen LogP contribution in [0.2, 0.25) is 5.02 Å². The molecule has 0 atom stereocenters. The van der Waals surface area contributed by atoms with E-state index in [2.05, 4.69) is 10.3 Å². The number of fused-ring (bicyclic) bond motifs is 1. The Balaban J connectivity index is 0.00000108. The van der Waals surface area contributed by atoms with Gasteiger partial charge in [-0.25, -0.2) is 0 Å². The summed E-state index contributed by atoms with van der Waals surface area (Å²) in [6.07, 6.45) is 1.83. The molecule has 0 saturated heterocycles. The molecular weight excluding hydrogens is 259 g/mol. The summed E-state index contributed by atoms with van der Waals surface area (Å²) in [5.41, 5.74) is 0.898. The molecule has 0 saturated carbocycles. The first-order chi connectivity index (χ1) is 7.77. The van der Waals surface area contributed by atoms with Crippen LogP contribution in [0.15, 0.2) is 29.4 Å². The molecule has 4 nitrogen and oxygen atoms in total. The number of nitrogens with one attached hydrogen (secondary N) is 1. The zero-order valence-corrected chi connectivity index (χ0v) is 10.6. The molecule has 1 aromatic carbocycles. The second-order valence-electron chi connectivity index (χ2n) is 3.74. The third kappa shape index (κ3) is 1.83.